The molecule has 0 aromatic carbocycles. The van der Waals surface area contributed by atoms with E-state index in [0.717, 1.165) is 34.5 Å². The summed E-state index contributed by atoms with van der Waals surface area (Å²) in [6.07, 6.45) is 1.73. The van der Waals surface area contributed by atoms with Crippen molar-refractivity contribution in [1.82, 2.24) is 15.5 Å². The number of hydrogen-bond acceptors (Lipinski definition) is 7. The second kappa shape index (κ2) is 8.44. The highest BCUT2D eigenvalue weighted by Gasteiger charge is 2.17. The van der Waals surface area contributed by atoms with Gasteiger partial charge in [0, 0.05) is 5.75 Å². The fourth-order valence-electron chi connectivity index (χ4n) is 1.36. The van der Waals surface area contributed by atoms with Crippen LogP contribution < -0.4 is 5.32 Å². The van der Waals surface area contributed by atoms with Crippen LogP contribution in [-0.2, 0) is 9.53 Å². The molecule has 0 saturated carbocycles. The quantitative estimate of drug-likeness (QED) is 0.582. The number of thioether (sulfide) groups is 1. The molecule has 102 valence electrons. The Hall–Kier alpha value is -0.660. The van der Waals surface area contributed by atoms with Crippen molar-refractivity contribution in [2.45, 2.75) is 37.1 Å². The Morgan fingerprint density at radius 2 is 2.33 bits per heavy atom. The molecule has 1 unspecified atom stereocenters. The molecule has 1 N–H and O–H groups in total. The van der Waals surface area contributed by atoms with Crippen LogP contribution in [0, 0.1) is 6.92 Å². The second-order valence-electron chi connectivity index (χ2n) is 3.75. The molecule has 1 aromatic heterocycles. The molecule has 0 aliphatic carbocycles. The average molecular weight is 289 g/mol. The van der Waals surface area contributed by atoms with Crippen molar-refractivity contribution >= 4 is 29.1 Å². The maximum Gasteiger partial charge on any atom is 0.322 e. The highest BCUT2D eigenvalue weighted by Crippen LogP contribution is 2.22. The molecular formula is C11H19N3O2S2. The van der Waals surface area contributed by atoms with Crippen molar-refractivity contribution < 1.29 is 9.53 Å². The first-order valence-corrected chi connectivity index (χ1v) is 7.71. The minimum Gasteiger partial charge on any atom is -0.468 e. The molecule has 0 saturated heterocycles. The number of esters is 1. The minimum atomic E-state index is -0.225. The lowest BCUT2D eigenvalue weighted by atomic mass is 10.2. The first-order valence-electron chi connectivity index (χ1n) is 5.91. The van der Waals surface area contributed by atoms with Gasteiger partial charge in [-0.3, -0.25) is 4.79 Å². The fourth-order valence-corrected chi connectivity index (χ4v) is 3.26. The molecule has 1 atom stereocenters. The Morgan fingerprint density at radius 3 is 2.89 bits per heavy atom. The van der Waals surface area contributed by atoms with Crippen LogP contribution in [0.2, 0.25) is 0 Å². The van der Waals surface area contributed by atoms with Crippen LogP contribution in [0.3, 0.4) is 0 Å². The number of carbonyl (C=O) groups excluding carboxylic acids is 1. The van der Waals surface area contributed by atoms with Crippen molar-refractivity contribution in [2.24, 2.45) is 0 Å². The van der Waals surface area contributed by atoms with Crippen LogP contribution in [-0.4, -0.2) is 41.6 Å². The zero-order valence-corrected chi connectivity index (χ0v) is 12.6. The van der Waals surface area contributed by atoms with Crippen molar-refractivity contribution in [3.63, 3.8) is 0 Å². The number of carbonyl (C=O) groups is 1. The molecule has 0 radical (unpaired) electrons. The third-order valence-corrected chi connectivity index (χ3v) is 4.27. The number of rotatable bonds is 8. The van der Waals surface area contributed by atoms with Gasteiger partial charge in [-0.2, -0.15) is 0 Å². The Morgan fingerprint density at radius 1 is 1.56 bits per heavy atom. The summed E-state index contributed by atoms with van der Waals surface area (Å²) >= 11 is 3.20. The van der Waals surface area contributed by atoms with Gasteiger partial charge in [0.15, 0.2) is 4.34 Å². The van der Waals surface area contributed by atoms with Crippen molar-refractivity contribution in [2.75, 3.05) is 19.4 Å². The molecular weight excluding hydrogens is 270 g/mol. The molecule has 18 heavy (non-hydrogen) atoms. The third kappa shape index (κ3) is 5.32. The summed E-state index contributed by atoms with van der Waals surface area (Å²) < 4.78 is 5.73. The van der Waals surface area contributed by atoms with Crippen molar-refractivity contribution in [3.05, 3.63) is 5.01 Å². The number of nitrogens with zero attached hydrogens (tertiary/aromatic N) is 2. The zero-order chi connectivity index (χ0) is 13.4. The van der Waals surface area contributed by atoms with Crippen LogP contribution in [0.5, 0.6) is 0 Å². The SMILES string of the molecule is CCCNC(CCSc1nnc(C)s1)C(=O)OC. The van der Waals surface area contributed by atoms with E-state index in [4.69, 9.17) is 4.74 Å². The number of aryl methyl sites for hydroxylation is 1. The van der Waals surface area contributed by atoms with E-state index >= 15 is 0 Å². The smallest absolute Gasteiger partial charge is 0.322 e. The van der Waals surface area contributed by atoms with E-state index in [2.05, 4.69) is 22.4 Å². The van der Waals surface area contributed by atoms with Crippen LogP contribution in [0.15, 0.2) is 4.34 Å². The molecule has 0 aliphatic heterocycles. The maximum absolute atomic E-state index is 11.5. The summed E-state index contributed by atoms with van der Waals surface area (Å²) in [4.78, 5) is 11.5. The fraction of sp³-hybridized carbons (Fsp3) is 0.727. The first-order chi connectivity index (χ1) is 8.67. The highest BCUT2D eigenvalue weighted by molar-refractivity contribution is 8.01. The van der Waals surface area contributed by atoms with Gasteiger partial charge in [-0.1, -0.05) is 30.0 Å². The van der Waals surface area contributed by atoms with E-state index in [-0.39, 0.29) is 12.0 Å². The summed E-state index contributed by atoms with van der Waals surface area (Å²) in [5.74, 6) is 0.628. The Bertz CT molecular complexity index is 371. The van der Waals surface area contributed by atoms with Gasteiger partial charge in [0.25, 0.3) is 0 Å². The van der Waals surface area contributed by atoms with E-state index in [1.807, 2.05) is 6.92 Å². The maximum atomic E-state index is 11.5. The first kappa shape index (κ1) is 15.4. The van der Waals surface area contributed by atoms with E-state index in [1.165, 1.54) is 7.11 Å². The van der Waals surface area contributed by atoms with E-state index < -0.39 is 0 Å². The minimum absolute atomic E-state index is 0.197. The van der Waals surface area contributed by atoms with Crippen LogP contribution in [0.1, 0.15) is 24.8 Å². The van der Waals surface area contributed by atoms with Gasteiger partial charge in [-0.25, -0.2) is 0 Å². The molecule has 1 aromatic rings. The average Bonchev–Trinajstić information content (AvgIpc) is 2.78. The monoisotopic (exact) mass is 289 g/mol. The topological polar surface area (TPSA) is 64.1 Å². The molecule has 0 amide bonds. The summed E-state index contributed by atoms with van der Waals surface area (Å²) in [5, 5.41) is 12.1. The molecule has 1 rings (SSSR count). The van der Waals surface area contributed by atoms with E-state index in [9.17, 15) is 4.79 Å². The number of aromatic nitrogens is 2. The van der Waals surface area contributed by atoms with Crippen LogP contribution in [0.25, 0.3) is 0 Å². The number of nitrogens with one attached hydrogen (secondary N) is 1. The Labute approximate surface area is 116 Å². The molecule has 5 nitrogen and oxygen atoms in total. The van der Waals surface area contributed by atoms with E-state index in [0.29, 0.717) is 0 Å². The summed E-state index contributed by atoms with van der Waals surface area (Å²) in [6.45, 7) is 4.82. The van der Waals surface area contributed by atoms with Gasteiger partial charge < -0.3 is 10.1 Å². The molecule has 0 aliphatic rings. The summed E-state index contributed by atoms with van der Waals surface area (Å²) in [7, 11) is 1.42. The molecule has 0 bridgehead atoms. The standard InChI is InChI=1S/C11H19N3O2S2/c1-4-6-12-9(10(15)16-3)5-7-17-11-14-13-8(2)18-11/h9,12H,4-7H2,1-3H3. The molecule has 0 fully saturated rings. The second-order valence-corrected chi connectivity index (χ2v) is 6.28. The largest absolute Gasteiger partial charge is 0.468 e. The lowest BCUT2D eigenvalue weighted by Gasteiger charge is -2.15. The molecule has 7 heteroatoms. The van der Waals surface area contributed by atoms with Gasteiger partial charge in [0.05, 0.1) is 7.11 Å². The van der Waals surface area contributed by atoms with Crippen LogP contribution >= 0.6 is 23.1 Å². The van der Waals surface area contributed by atoms with Gasteiger partial charge in [-0.05, 0) is 26.3 Å². The summed E-state index contributed by atoms with van der Waals surface area (Å²) in [5.41, 5.74) is 0. The van der Waals surface area contributed by atoms with Gasteiger partial charge in [-0.15, -0.1) is 10.2 Å². The normalized spacial score (nSPS) is 12.4. The van der Waals surface area contributed by atoms with Gasteiger partial charge in [0.2, 0.25) is 0 Å². The van der Waals surface area contributed by atoms with Crippen molar-refractivity contribution in [1.29, 1.82) is 0 Å². The highest BCUT2D eigenvalue weighted by atomic mass is 32.2. The van der Waals surface area contributed by atoms with Gasteiger partial charge >= 0.3 is 5.97 Å². The number of ether oxygens (including phenoxy) is 1. The third-order valence-electron chi connectivity index (χ3n) is 2.27. The zero-order valence-electron chi connectivity index (χ0n) is 10.9. The van der Waals surface area contributed by atoms with E-state index in [1.54, 1.807) is 23.1 Å². The number of hydrogen-bond donors (Lipinski definition) is 1. The Balaban J connectivity index is 2.34. The van der Waals surface area contributed by atoms with Gasteiger partial charge in [0.1, 0.15) is 11.0 Å². The van der Waals surface area contributed by atoms with Crippen LogP contribution in [0.4, 0.5) is 0 Å². The lowest BCUT2D eigenvalue weighted by molar-refractivity contribution is -0.143. The predicted octanol–water partition coefficient (Wildman–Crippen LogP) is 1.87. The molecule has 1 heterocycles. The predicted molar refractivity (Wildman–Crippen MR) is 74.1 cm³/mol. The van der Waals surface area contributed by atoms with Crippen molar-refractivity contribution in [3.8, 4) is 0 Å². The summed E-state index contributed by atoms with van der Waals surface area (Å²) in [6, 6.07) is -0.225. The number of methoxy groups -OCH3 is 1. The molecule has 0 spiro atoms. The lowest BCUT2D eigenvalue weighted by Crippen LogP contribution is -2.38. The Kier molecular flexibility index (Phi) is 7.22.